The summed E-state index contributed by atoms with van der Waals surface area (Å²) in [5.74, 6) is 0.586. The lowest BCUT2D eigenvalue weighted by Crippen LogP contribution is -2.04. The highest BCUT2D eigenvalue weighted by atomic mass is 16.5. The van der Waals surface area contributed by atoms with Crippen molar-refractivity contribution in [1.29, 1.82) is 0 Å². The molecule has 0 bridgehead atoms. The van der Waals surface area contributed by atoms with Crippen molar-refractivity contribution in [1.82, 2.24) is 15.0 Å². The van der Waals surface area contributed by atoms with Gasteiger partial charge in [-0.05, 0) is 18.8 Å². The van der Waals surface area contributed by atoms with E-state index in [1.165, 1.54) is 0 Å². The Hall–Kier alpha value is -0.940. The highest BCUT2D eigenvalue weighted by Crippen LogP contribution is 2.01. The molecule has 5 nitrogen and oxygen atoms in total. The maximum Gasteiger partial charge on any atom is 0.0828 e. The van der Waals surface area contributed by atoms with Crippen LogP contribution in [-0.2, 0) is 17.7 Å². The molecule has 0 atom stereocenters. The van der Waals surface area contributed by atoms with Gasteiger partial charge in [-0.25, -0.2) is 0 Å². The van der Waals surface area contributed by atoms with E-state index >= 15 is 0 Å². The SMILES string of the molecule is CC(C)Cn1cc(CCCOCCO)nn1. The van der Waals surface area contributed by atoms with Crippen LogP contribution in [0.4, 0.5) is 0 Å². The number of aliphatic hydroxyl groups is 1. The summed E-state index contributed by atoms with van der Waals surface area (Å²) in [5, 5.41) is 16.7. The van der Waals surface area contributed by atoms with Crippen molar-refractivity contribution in [3.8, 4) is 0 Å². The van der Waals surface area contributed by atoms with Crippen LogP contribution >= 0.6 is 0 Å². The molecule has 0 unspecified atom stereocenters. The van der Waals surface area contributed by atoms with Gasteiger partial charge in [0, 0.05) is 19.3 Å². The number of hydrogen-bond donors (Lipinski definition) is 1. The van der Waals surface area contributed by atoms with E-state index in [0.29, 0.717) is 19.1 Å². The second-order valence-corrected chi connectivity index (χ2v) is 4.27. The normalized spacial score (nSPS) is 11.2. The molecule has 1 rings (SSSR count). The molecule has 16 heavy (non-hydrogen) atoms. The van der Waals surface area contributed by atoms with Crippen molar-refractivity contribution >= 4 is 0 Å². The summed E-state index contributed by atoms with van der Waals surface area (Å²) in [7, 11) is 0. The molecule has 1 aromatic heterocycles. The standard InChI is InChI=1S/C11H21N3O2/c1-10(2)8-14-9-11(12-13-14)4-3-6-16-7-5-15/h9-10,15H,3-8H2,1-2H3. The minimum absolute atomic E-state index is 0.0879. The van der Waals surface area contributed by atoms with Crippen LogP contribution in [0.5, 0.6) is 0 Å². The zero-order valence-electron chi connectivity index (χ0n) is 10.1. The van der Waals surface area contributed by atoms with Crippen LogP contribution in [0.15, 0.2) is 6.20 Å². The van der Waals surface area contributed by atoms with Gasteiger partial charge in [0.1, 0.15) is 0 Å². The van der Waals surface area contributed by atoms with Crippen molar-refractivity contribution in [2.45, 2.75) is 33.2 Å². The zero-order valence-corrected chi connectivity index (χ0v) is 10.1. The van der Waals surface area contributed by atoms with E-state index in [1.54, 1.807) is 0 Å². The topological polar surface area (TPSA) is 60.2 Å². The number of rotatable bonds is 8. The molecule has 0 aliphatic heterocycles. The maximum atomic E-state index is 8.52. The van der Waals surface area contributed by atoms with Crippen LogP contribution in [0.25, 0.3) is 0 Å². The molecule has 0 amide bonds. The summed E-state index contributed by atoms with van der Waals surface area (Å²) < 4.78 is 7.05. The van der Waals surface area contributed by atoms with Crippen molar-refractivity contribution in [2.24, 2.45) is 5.92 Å². The predicted octanol–water partition coefficient (Wildman–Crippen LogP) is 0.876. The van der Waals surface area contributed by atoms with Crippen molar-refractivity contribution in [2.75, 3.05) is 19.8 Å². The molecule has 1 aromatic rings. The van der Waals surface area contributed by atoms with Crippen molar-refractivity contribution < 1.29 is 9.84 Å². The van der Waals surface area contributed by atoms with Crippen molar-refractivity contribution in [3.05, 3.63) is 11.9 Å². The van der Waals surface area contributed by atoms with Crippen LogP contribution in [0.3, 0.4) is 0 Å². The first-order valence-corrected chi connectivity index (χ1v) is 5.80. The molecule has 0 aliphatic rings. The number of hydrogen-bond acceptors (Lipinski definition) is 4. The van der Waals surface area contributed by atoms with Crippen LogP contribution in [0.1, 0.15) is 26.0 Å². The Kier molecular flexibility index (Phi) is 6.03. The Morgan fingerprint density at radius 3 is 2.94 bits per heavy atom. The van der Waals surface area contributed by atoms with E-state index in [-0.39, 0.29) is 6.61 Å². The summed E-state index contributed by atoms with van der Waals surface area (Å²) >= 11 is 0. The molecule has 0 saturated carbocycles. The van der Waals surface area contributed by atoms with Crippen LogP contribution in [0.2, 0.25) is 0 Å². The molecule has 0 radical (unpaired) electrons. The molecule has 1 N–H and O–H groups in total. The Morgan fingerprint density at radius 2 is 2.25 bits per heavy atom. The van der Waals surface area contributed by atoms with E-state index in [9.17, 15) is 0 Å². The Morgan fingerprint density at radius 1 is 1.44 bits per heavy atom. The minimum atomic E-state index is 0.0879. The smallest absolute Gasteiger partial charge is 0.0828 e. The number of ether oxygens (including phenoxy) is 1. The Labute approximate surface area is 96.4 Å². The van der Waals surface area contributed by atoms with Crippen LogP contribution in [0, 0.1) is 5.92 Å². The first-order valence-electron chi connectivity index (χ1n) is 5.80. The van der Waals surface area contributed by atoms with Gasteiger partial charge in [0.25, 0.3) is 0 Å². The van der Waals surface area contributed by atoms with Gasteiger partial charge in [0.2, 0.25) is 0 Å². The number of aryl methyl sites for hydroxylation is 1. The van der Waals surface area contributed by atoms with Gasteiger partial charge in [0.05, 0.1) is 18.9 Å². The molecule has 5 heteroatoms. The first-order chi connectivity index (χ1) is 7.72. The molecule has 0 aliphatic carbocycles. The van der Waals surface area contributed by atoms with Gasteiger partial charge < -0.3 is 9.84 Å². The Balaban J connectivity index is 2.19. The molecular formula is C11H21N3O2. The van der Waals surface area contributed by atoms with Gasteiger partial charge in [-0.3, -0.25) is 4.68 Å². The fraction of sp³-hybridized carbons (Fsp3) is 0.818. The number of aromatic nitrogens is 3. The van der Waals surface area contributed by atoms with Crippen LogP contribution < -0.4 is 0 Å². The van der Waals surface area contributed by atoms with E-state index in [2.05, 4.69) is 24.2 Å². The van der Waals surface area contributed by atoms with E-state index in [0.717, 1.165) is 25.1 Å². The van der Waals surface area contributed by atoms with Crippen LogP contribution in [-0.4, -0.2) is 39.9 Å². The summed E-state index contributed by atoms with van der Waals surface area (Å²) in [6.07, 6.45) is 3.79. The predicted molar refractivity (Wildman–Crippen MR) is 61.1 cm³/mol. The number of aliphatic hydroxyl groups excluding tert-OH is 1. The van der Waals surface area contributed by atoms with E-state index in [1.807, 2.05) is 10.9 Å². The molecule has 0 fully saturated rings. The van der Waals surface area contributed by atoms with Gasteiger partial charge in [-0.15, -0.1) is 5.10 Å². The monoisotopic (exact) mass is 227 g/mol. The third-order valence-electron chi connectivity index (χ3n) is 2.10. The molecule has 92 valence electrons. The summed E-state index contributed by atoms with van der Waals surface area (Å²) in [4.78, 5) is 0. The molecule has 0 aromatic carbocycles. The summed E-state index contributed by atoms with van der Waals surface area (Å²) in [5.41, 5.74) is 1.01. The van der Waals surface area contributed by atoms with Gasteiger partial charge in [-0.1, -0.05) is 19.1 Å². The highest BCUT2D eigenvalue weighted by Gasteiger charge is 2.02. The first kappa shape index (κ1) is 13.1. The highest BCUT2D eigenvalue weighted by molar-refractivity contribution is 4.92. The lowest BCUT2D eigenvalue weighted by molar-refractivity contribution is 0.0908. The largest absolute Gasteiger partial charge is 0.394 e. The molecule has 1 heterocycles. The number of nitrogens with zero attached hydrogens (tertiary/aromatic N) is 3. The average molecular weight is 227 g/mol. The van der Waals surface area contributed by atoms with E-state index < -0.39 is 0 Å². The third kappa shape index (κ3) is 5.23. The molecular weight excluding hydrogens is 206 g/mol. The van der Waals surface area contributed by atoms with Gasteiger partial charge in [0.15, 0.2) is 0 Å². The maximum absolute atomic E-state index is 8.52. The average Bonchev–Trinajstić information content (AvgIpc) is 2.64. The Bertz CT molecular complexity index is 287. The van der Waals surface area contributed by atoms with Crippen molar-refractivity contribution in [3.63, 3.8) is 0 Å². The minimum Gasteiger partial charge on any atom is -0.394 e. The quantitative estimate of drug-likeness (QED) is 0.670. The molecule has 0 spiro atoms. The lowest BCUT2D eigenvalue weighted by atomic mass is 10.2. The van der Waals surface area contributed by atoms with E-state index in [4.69, 9.17) is 9.84 Å². The second-order valence-electron chi connectivity index (χ2n) is 4.27. The fourth-order valence-electron chi connectivity index (χ4n) is 1.44. The van der Waals surface area contributed by atoms with Gasteiger partial charge in [-0.2, -0.15) is 0 Å². The fourth-order valence-corrected chi connectivity index (χ4v) is 1.44. The lowest BCUT2D eigenvalue weighted by Gasteiger charge is -2.02. The summed E-state index contributed by atoms with van der Waals surface area (Å²) in [6.45, 7) is 6.39. The molecule has 0 saturated heterocycles. The second kappa shape index (κ2) is 7.35. The summed E-state index contributed by atoms with van der Waals surface area (Å²) in [6, 6.07) is 0. The van der Waals surface area contributed by atoms with Gasteiger partial charge >= 0.3 is 0 Å². The third-order valence-corrected chi connectivity index (χ3v) is 2.10. The zero-order chi connectivity index (χ0) is 11.8.